The molecule has 2 aromatic heterocycles. The topological polar surface area (TPSA) is 134 Å². The number of likely N-dealkylation sites (tertiary alicyclic amines) is 1. The zero-order valence-corrected chi connectivity index (χ0v) is 31.7. The Morgan fingerprint density at radius 1 is 1.10 bits per heavy atom. The summed E-state index contributed by atoms with van der Waals surface area (Å²) >= 11 is 6.29. The number of pyridine rings is 1. The van der Waals surface area contributed by atoms with Gasteiger partial charge in [0.05, 0.1) is 27.7 Å². The van der Waals surface area contributed by atoms with Gasteiger partial charge in [-0.25, -0.2) is 19.7 Å². The number of hydrogen-bond acceptors (Lipinski definition) is 9. The first-order valence-corrected chi connectivity index (χ1v) is 19.9. The molecule has 49 heavy (non-hydrogen) atoms. The van der Waals surface area contributed by atoms with Gasteiger partial charge in [-0.1, -0.05) is 39.3 Å². The maximum atomic E-state index is 13.6. The number of aromatic nitrogens is 3. The van der Waals surface area contributed by atoms with Crippen molar-refractivity contribution in [2.45, 2.75) is 90.5 Å². The van der Waals surface area contributed by atoms with Crippen molar-refractivity contribution in [3.8, 4) is 17.3 Å². The van der Waals surface area contributed by atoms with Crippen LogP contribution in [0.15, 0.2) is 36.7 Å². The first kappa shape index (κ1) is 36.2. The number of fused-ring (bicyclic) bond motifs is 1. The number of carbonyl (C=O) groups excluding carboxylic acids is 2. The standard InChI is InChI=1S/C36H46ClN7O4Si/c1-34(2,3)48-33(46)44-21-36(7,22-47-49(8,9)35(4,5)6)26-17-23(16-24(19-38)30(26)44)27-12-13-39-32(41-27)42-28-18-25(37)20-40-29(28)31(45)43-14-10-11-15-43/h12-13,16-18,20H,10-11,14-15,21-22H2,1-9H3,(H,39,41,42). The Kier molecular flexibility index (Phi) is 9.87. The maximum Gasteiger partial charge on any atom is 0.414 e. The molecular formula is C36H46ClN7O4Si. The fourth-order valence-electron chi connectivity index (χ4n) is 5.76. The molecule has 11 nitrogen and oxygen atoms in total. The molecule has 2 amide bonds. The molecule has 1 atom stereocenters. The van der Waals surface area contributed by atoms with E-state index in [2.05, 4.69) is 62.1 Å². The van der Waals surface area contributed by atoms with Gasteiger partial charge in [0, 0.05) is 49.6 Å². The predicted molar refractivity (Wildman–Crippen MR) is 194 cm³/mol. The number of hydrogen-bond donors (Lipinski definition) is 1. The van der Waals surface area contributed by atoms with Gasteiger partial charge in [0.1, 0.15) is 11.7 Å². The van der Waals surface area contributed by atoms with Crippen molar-refractivity contribution in [1.82, 2.24) is 19.9 Å². The number of carbonyl (C=O) groups is 2. The number of nitrogens with one attached hydrogen (secondary N) is 1. The molecule has 2 aliphatic heterocycles. The summed E-state index contributed by atoms with van der Waals surface area (Å²) < 4.78 is 12.5. The lowest BCUT2D eigenvalue weighted by Crippen LogP contribution is -2.46. The summed E-state index contributed by atoms with van der Waals surface area (Å²) in [5.41, 5.74) is 2.13. The van der Waals surface area contributed by atoms with Crippen LogP contribution in [0.3, 0.4) is 0 Å². The molecule has 0 radical (unpaired) electrons. The van der Waals surface area contributed by atoms with Crippen molar-refractivity contribution < 1.29 is 18.8 Å². The van der Waals surface area contributed by atoms with Crippen LogP contribution in [0, 0.1) is 11.3 Å². The number of benzene rings is 1. The molecule has 1 fully saturated rings. The molecule has 1 unspecified atom stereocenters. The lowest BCUT2D eigenvalue weighted by molar-refractivity contribution is 0.0575. The molecular weight excluding hydrogens is 658 g/mol. The molecule has 0 aliphatic carbocycles. The van der Waals surface area contributed by atoms with Gasteiger partial charge in [-0.15, -0.1) is 0 Å². The Balaban J connectivity index is 1.55. The summed E-state index contributed by atoms with van der Waals surface area (Å²) in [6.07, 6.45) is 4.45. The third kappa shape index (κ3) is 7.74. The van der Waals surface area contributed by atoms with Crippen molar-refractivity contribution in [3.63, 3.8) is 0 Å². The normalized spacial score (nSPS) is 17.9. The van der Waals surface area contributed by atoms with Crippen LogP contribution in [-0.4, -0.2) is 72.0 Å². The molecule has 0 saturated carbocycles. The van der Waals surface area contributed by atoms with Crippen molar-refractivity contribution >= 4 is 49.2 Å². The van der Waals surface area contributed by atoms with E-state index in [0.717, 1.165) is 18.4 Å². The molecule has 3 aromatic rings. The average molecular weight is 704 g/mol. The Hall–Kier alpha value is -4.05. The van der Waals surface area contributed by atoms with Gasteiger partial charge in [0.25, 0.3) is 5.91 Å². The van der Waals surface area contributed by atoms with Crippen LogP contribution in [0.1, 0.15) is 82.9 Å². The second-order valence-electron chi connectivity index (χ2n) is 15.6. The van der Waals surface area contributed by atoms with Crippen molar-refractivity contribution in [3.05, 3.63) is 58.5 Å². The number of halogens is 1. The third-order valence-electron chi connectivity index (χ3n) is 9.48. The van der Waals surface area contributed by atoms with Gasteiger partial charge < -0.3 is 19.4 Å². The van der Waals surface area contributed by atoms with E-state index in [-0.39, 0.29) is 29.1 Å². The second-order valence-corrected chi connectivity index (χ2v) is 20.9. The van der Waals surface area contributed by atoms with Crippen LogP contribution < -0.4 is 10.2 Å². The van der Waals surface area contributed by atoms with Crippen LogP contribution in [0.4, 0.5) is 22.1 Å². The van der Waals surface area contributed by atoms with E-state index in [1.54, 1.807) is 34.2 Å². The van der Waals surface area contributed by atoms with Gasteiger partial charge in [-0.3, -0.25) is 9.69 Å². The number of ether oxygens (including phenoxy) is 1. The molecule has 1 aromatic carbocycles. The Morgan fingerprint density at radius 2 is 1.80 bits per heavy atom. The number of nitrogens with zero attached hydrogens (tertiary/aromatic N) is 6. The van der Waals surface area contributed by atoms with E-state index < -0.39 is 25.4 Å². The molecule has 0 spiro atoms. The first-order chi connectivity index (χ1) is 22.8. The fraction of sp³-hybridized carbons (Fsp3) is 0.500. The summed E-state index contributed by atoms with van der Waals surface area (Å²) in [5.74, 6) is 0.0503. The van der Waals surface area contributed by atoms with E-state index >= 15 is 0 Å². The molecule has 0 bridgehead atoms. The molecule has 1 saturated heterocycles. The molecule has 2 aliphatic rings. The molecule has 5 rings (SSSR count). The molecule has 1 N–H and O–H groups in total. The molecule has 4 heterocycles. The predicted octanol–water partition coefficient (Wildman–Crippen LogP) is 8.08. The number of amides is 2. The zero-order chi connectivity index (χ0) is 35.9. The highest BCUT2D eigenvalue weighted by atomic mass is 35.5. The highest BCUT2D eigenvalue weighted by Crippen LogP contribution is 2.47. The van der Waals surface area contributed by atoms with Crippen LogP contribution in [0.25, 0.3) is 11.3 Å². The van der Waals surface area contributed by atoms with Crippen molar-refractivity contribution in [1.29, 1.82) is 5.26 Å². The number of nitriles is 1. The molecule has 260 valence electrons. The largest absolute Gasteiger partial charge is 0.443 e. The minimum atomic E-state index is -2.17. The van der Waals surface area contributed by atoms with Gasteiger partial charge in [0.15, 0.2) is 14.0 Å². The third-order valence-corrected chi connectivity index (χ3v) is 14.2. The van der Waals surface area contributed by atoms with Gasteiger partial charge in [-0.05, 0) is 81.6 Å². The quantitative estimate of drug-likeness (QED) is 0.242. The van der Waals surface area contributed by atoms with Crippen LogP contribution >= 0.6 is 11.6 Å². The summed E-state index contributed by atoms with van der Waals surface area (Å²) in [5, 5.41) is 13.9. The zero-order valence-electron chi connectivity index (χ0n) is 29.9. The van der Waals surface area contributed by atoms with E-state index in [9.17, 15) is 14.9 Å². The second kappa shape index (κ2) is 13.3. The van der Waals surface area contributed by atoms with E-state index in [1.807, 2.05) is 26.8 Å². The van der Waals surface area contributed by atoms with Crippen LogP contribution in [0.2, 0.25) is 23.2 Å². The average Bonchev–Trinajstić information content (AvgIpc) is 3.66. The van der Waals surface area contributed by atoms with E-state index in [1.165, 1.54) is 6.20 Å². The monoisotopic (exact) mass is 703 g/mol. The van der Waals surface area contributed by atoms with Gasteiger partial charge in [-0.2, -0.15) is 5.26 Å². The number of anilines is 3. The highest BCUT2D eigenvalue weighted by Gasteiger charge is 2.47. The Labute approximate surface area is 295 Å². The van der Waals surface area contributed by atoms with Gasteiger partial charge in [0.2, 0.25) is 5.95 Å². The van der Waals surface area contributed by atoms with Crippen molar-refractivity contribution in [2.24, 2.45) is 0 Å². The van der Waals surface area contributed by atoms with E-state index in [0.29, 0.717) is 52.9 Å². The smallest absolute Gasteiger partial charge is 0.414 e. The summed E-state index contributed by atoms with van der Waals surface area (Å²) in [6.45, 7) is 20.5. The summed E-state index contributed by atoms with van der Waals surface area (Å²) in [6, 6.07) is 9.42. The molecule has 13 heteroatoms. The van der Waals surface area contributed by atoms with Crippen molar-refractivity contribution in [2.75, 3.05) is 36.5 Å². The first-order valence-electron chi connectivity index (χ1n) is 16.6. The Bertz CT molecular complexity index is 1810. The SMILES string of the molecule is CC(C)(C)OC(=O)N1CC(C)(CO[Si](C)(C)C(C)(C)C)c2cc(-c3ccnc(Nc4cc(Cl)cnc4C(=O)N4CCCC4)n3)cc(C#N)c21. The number of rotatable bonds is 7. The lowest BCUT2D eigenvalue weighted by Gasteiger charge is -2.39. The van der Waals surface area contributed by atoms with E-state index in [4.69, 9.17) is 25.7 Å². The highest BCUT2D eigenvalue weighted by molar-refractivity contribution is 6.74. The minimum Gasteiger partial charge on any atom is -0.443 e. The maximum absolute atomic E-state index is 13.6. The Morgan fingerprint density at radius 3 is 2.43 bits per heavy atom. The minimum absolute atomic E-state index is 0.0167. The van der Waals surface area contributed by atoms with Crippen LogP contribution in [-0.2, 0) is 14.6 Å². The van der Waals surface area contributed by atoms with Gasteiger partial charge >= 0.3 is 6.09 Å². The van der Waals surface area contributed by atoms with Crippen LogP contribution in [0.5, 0.6) is 0 Å². The lowest BCUT2D eigenvalue weighted by atomic mass is 9.83. The summed E-state index contributed by atoms with van der Waals surface area (Å²) in [7, 11) is -2.17. The fourth-order valence-corrected chi connectivity index (χ4v) is 7.03. The summed E-state index contributed by atoms with van der Waals surface area (Å²) in [4.78, 5) is 43.7.